The molecule has 0 saturated carbocycles. The van der Waals surface area contributed by atoms with Gasteiger partial charge in [-0.15, -0.1) is 20.4 Å². The molecule has 0 aliphatic rings. The van der Waals surface area contributed by atoms with Gasteiger partial charge in [0.15, 0.2) is 5.65 Å². The number of hydrogen-bond acceptors (Lipinski definition) is 7. The number of rotatable bonds is 6. The molecule has 30 heavy (non-hydrogen) atoms. The van der Waals surface area contributed by atoms with Crippen molar-refractivity contribution in [1.82, 2.24) is 29.9 Å². The van der Waals surface area contributed by atoms with Crippen LogP contribution in [0.1, 0.15) is 19.2 Å². The van der Waals surface area contributed by atoms with Crippen LogP contribution in [0.2, 0.25) is 0 Å². The fraction of sp³-hybridized carbons (Fsp3) is 0.190. The van der Waals surface area contributed by atoms with E-state index in [2.05, 4.69) is 59.9 Å². The number of fused-ring (bicyclic) bond motifs is 3. The molecule has 5 rings (SSSR count). The third kappa shape index (κ3) is 3.59. The van der Waals surface area contributed by atoms with Gasteiger partial charge in [0.25, 0.3) is 0 Å². The van der Waals surface area contributed by atoms with E-state index in [0.717, 1.165) is 45.1 Å². The van der Waals surface area contributed by atoms with E-state index >= 15 is 0 Å². The maximum Gasteiger partial charge on any atom is 0.247 e. The molecule has 0 saturated heterocycles. The number of aromatic nitrogens is 6. The molecule has 3 heterocycles. The van der Waals surface area contributed by atoms with Crippen molar-refractivity contribution in [3.05, 3.63) is 58.9 Å². The van der Waals surface area contributed by atoms with Crippen molar-refractivity contribution in [3.8, 4) is 11.5 Å². The van der Waals surface area contributed by atoms with Gasteiger partial charge in [-0.05, 0) is 30.7 Å². The first-order chi connectivity index (χ1) is 14.7. The van der Waals surface area contributed by atoms with Crippen molar-refractivity contribution in [1.29, 1.82) is 0 Å². The summed E-state index contributed by atoms with van der Waals surface area (Å²) >= 11 is 4.89. The maximum absolute atomic E-state index is 5.80. The number of benzene rings is 2. The quantitative estimate of drug-likeness (QED) is 0.297. The Kier molecular flexibility index (Phi) is 5.22. The fourth-order valence-corrected chi connectivity index (χ4v) is 4.39. The SMILES string of the molecule is CCCn1c2ccccc2c2nnc(SCc3nnc(-c4cccc(Br)c4)o3)nc21. The molecular weight excluding hydrogens is 464 g/mol. The van der Waals surface area contributed by atoms with E-state index in [-0.39, 0.29) is 0 Å². The van der Waals surface area contributed by atoms with Crippen LogP contribution in [0.5, 0.6) is 0 Å². The molecule has 0 radical (unpaired) electrons. The van der Waals surface area contributed by atoms with Gasteiger partial charge in [0.05, 0.1) is 11.3 Å². The van der Waals surface area contributed by atoms with E-state index in [0.29, 0.717) is 22.7 Å². The maximum atomic E-state index is 5.80. The van der Waals surface area contributed by atoms with Gasteiger partial charge in [0, 0.05) is 22.0 Å². The van der Waals surface area contributed by atoms with Crippen LogP contribution in [0.3, 0.4) is 0 Å². The first-order valence-electron chi connectivity index (χ1n) is 9.55. The summed E-state index contributed by atoms with van der Waals surface area (Å²) in [6, 6.07) is 16.0. The smallest absolute Gasteiger partial charge is 0.247 e. The van der Waals surface area contributed by atoms with E-state index in [4.69, 9.17) is 9.40 Å². The lowest BCUT2D eigenvalue weighted by Gasteiger charge is -2.04. The largest absolute Gasteiger partial charge is 0.420 e. The molecule has 0 unspecified atom stereocenters. The lowest BCUT2D eigenvalue weighted by molar-refractivity contribution is 0.528. The minimum atomic E-state index is 0.474. The van der Waals surface area contributed by atoms with Crippen molar-refractivity contribution in [3.63, 3.8) is 0 Å². The number of thioether (sulfide) groups is 1. The molecule has 0 atom stereocenters. The molecule has 0 spiro atoms. The van der Waals surface area contributed by atoms with Crippen molar-refractivity contribution in [2.45, 2.75) is 30.8 Å². The third-order valence-corrected chi connectivity index (χ3v) is 5.98. The van der Waals surface area contributed by atoms with E-state index in [1.165, 1.54) is 11.8 Å². The standard InChI is InChI=1S/C21H17BrN6OS/c1-2-10-28-16-9-4-3-8-15(16)18-19(28)23-21(27-25-18)30-12-17-24-26-20(29-17)13-6-5-7-14(22)11-13/h3-9,11H,2,10,12H2,1H3. The van der Waals surface area contributed by atoms with Gasteiger partial charge in [-0.2, -0.15) is 0 Å². The first-order valence-corrected chi connectivity index (χ1v) is 11.3. The molecule has 2 aromatic carbocycles. The molecule has 0 bridgehead atoms. The highest BCUT2D eigenvalue weighted by Gasteiger charge is 2.15. The normalized spacial score (nSPS) is 11.5. The lowest BCUT2D eigenvalue weighted by Crippen LogP contribution is -2.00. The first kappa shape index (κ1) is 19.2. The fourth-order valence-electron chi connectivity index (χ4n) is 3.38. The molecule has 150 valence electrons. The van der Waals surface area contributed by atoms with E-state index in [1.54, 1.807) is 0 Å². The Bertz CT molecular complexity index is 1350. The summed E-state index contributed by atoms with van der Waals surface area (Å²) in [4.78, 5) is 4.78. The molecule has 0 N–H and O–H groups in total. The van der Waals surface area contributed by atoms with Crippen LogP contribution in [0.25, 0.3) is 33.5 Å². The summed E-state index contributed by atoms with van der Waals surface area (Å²) in [5.74, 6) is 1.49. The average Bonchev–Trinajstić information content (AvgIpc) is 3.36. The second-order valence-corrected chi connectivity index (χ2v) is 8.59. The highest BCUT2D eigenvalue weighted by atomic mass is 79.9. The zero-order valence-corrected chi connectivity index (χ0v) is 18.5. The summed E-state index contributed by atoms with van der Waals surface area (Å²) < 4.78 is 8.97. The van der Waals surface area contributed by atoms with Gasteiger partial charge >= 0.3 is 0 Å². The molecule has 0 amide bonds. The molecule has 3 aromatic heterocycles. The zero-order chi connectivity index (χ0) is 20.5. The van der Waals surface area contributed by atoms with Crippen LogP contribution in [0, 0.1) is 0 Å². The number of hydrogen-bond donors (Lipinski definition) is 0. The second kappa shape index (κ2) is 8.16. The summed E-state index contributed by atoms with van der Waals surface area (Å²) in [5.41, 5.74) is 3.69. The predicted octanol–water partition coefficient (Wildman–Crippen LogP) is 5.49. The van der Waals surface area contributed by atoms with Crippen molar-refractivity contribution in [2.75, 3.05) is 0 Å². The van der Waals surface area contributed by atoms with Gasteiger partial charge < -0.3 is 8.98 Å². The van der Waals surface area contributed by atoms with Crippen molar-refractivity contribution >= 4 is 49.8 Å². The van der Waals surface area contributed by atoms with Crippen LogP contribution >= 0.6 is 27.7 Å². The van der Waals surface area contributed by atoms with Crippen LogP contribution in [-0.4, -0.2) is 29.9 Å². The number of halogens is 1. The molecule has 9 heteroatoms. The molecule has 5 aromatic rings. The summed E-state index contributed by atoms with van der Waals surface area (Å²) in [5, 5.41) is 18.7. The molecule has 7 nitrogen and oxygen atoms in total. The van der Waals surface area contributed by atoms with Gasteiger partial charge in [0.2, 0.25) is 16.9 Å². The third-order valence-electron chi connectivity index (χ3n) is 4.66. The van der Waals surface area contributed by atoms with Crippen molar-refractivity contribution in [2.24, 2.45) is 0 Å². The Morgan fingerprint density at radius 1 is 1.03 bits per heavy atom. The van der Waals surface area contributed by atoms with Crippen LogP contribution in [0.4, 0.5) is 0 Å². The minimum Gasteiger partial charge on any atom is -0.420 e. The van der Waals surface area contributed by atoms with Gasteiger partial charge in [-0.3, -0.25) is 0 Å². The number of para-hydroxylation sites is 1. The van der Waals surface area contributed by atoms with E-state index in [1.807, 2.05) is 36.4 Å². The molecule has 0 aliphatic heterocycles. The number of aryl methyl sites for hydroxylation is 1. The highest BCUT2D eigenvalue weighted by molar-refractivity contribution is 9.10. The number of nitrogens with zero attached hydrogens (tertiary/aromatic N) is 6. The zero-order valence-electron chi connectivity index (χ0n) is 16.1. The summed E-state index contributed by atoms with van der Waals surface area (Å²) in [6.07, 6.45) is 1.01. The van der Waals surface area contributed by atoms with Crippen LogP contribution in [0.15, 0.2) is 62.6 Å². The van der Waals surface area contributed by atoms with Crippen LogP contribution < -0.4 is 0 Å². The minimum absolute atomic E-state index is 0.474. The Morgan fingerprint density at radius 2 is 1.93 bits per heavy atom. The lowest BCUT2D eigenvalue weighted by atomic mass is 10.2. The van der Waals surface area contributed by atoms with Gasteiger partial charge in [-0.25, -0.2) is 4.98 Å². The van der Waals surface area contributed by atoms with Gasteiger partial charge in [0.1, 0.15) is 5.52 Å². The average molecular weight is 481 g/mol. The topological polar surface area (TPSA) is 82.5 Å². The monoisotopic (exact) mass is 480 g/mol. The Morgan fingerprint density at radius 3 is 2.80 bits per heavy atom. The predicted molar refractivity (Wildman–Crippen MR) is 120 cm³/mol. The van der Waals surface area contributed by atoms with E-state index in [9.17, 15) is 0 Å². The Hall–Kier alpha value is -2.78. The summed E-state index contributed by atoms with van der Waals surface area (Å²) in [7, 11) is 0. The highest BCUT2D eigenvalue weighted by Crippen LogP contribution is 2.29. The van der Waals surface area contributed by atoms with Gasteiger partial charge in [-0.1, -0.05) is 58.9 Å². The Labute approximate surface area is 185 Å². The second-order valence-electron chi connectivity index (χ2n) is 6.74. The molecule has 0 fully saturated rings. The van der Waals surface area contributed by atoms with E-state index < -0.39 is 0 Å². The summed E-state index contributed by atoms with van der Waals surface area (Å²) in [6.45, 7) is 3.04. The Balaban J connectivity index is 1.41. The molecule has 0 aliphatic carbocycles. The van der Waals surface area contributed by atoms with Crippen LogP contribution in [-0.2, 0) is 12.3 Å². The van der Waals surface area contributed by atoms with Crippen molar-refractivity contribution < 1.29 is 4.42 Å². The molecular formula is C21H17BrN6OS.